The van der Waals surface area contributed by atoms with Gasteiger partial charge in [0.1, 0.15) is 0 Å². The van der Waals surface area contributed by atoms with Crippen LogP contribution in [0.2, 0.25) is 0 Å². The Hall–Kier alpha value is -1.46. The minimum atomic E-state index is -0.938. The first-order valence-electron chi connectivity index (χ1n) is 4.86. The van der Waals surface area contributed by atoms with Crippen molar-refractivity contribution in [3.05, 3.63) is 28.8 Å². The number of aliphatic hydroxyl groups is 1. The molecule has 16 heavy (non-hydrogen) atoms. The van der Waals surface area contributed by atoms with Crippen LogP contribution in [-0.2, 0) is 0 Å². The Kier molecular flexibility index (Phi) is 2.89. The SMILES string of the molecule is CC(CO)c1nc2ccc(C(=O)O)cc2s1. The Balaban J connectivity index is 2.49. The third kappa shape index (κ3) is 1.91. The van der Waals surface area contributed by atoms with E-state index in [-0.39, 0.29) is 18.1 Å². The van der Waals surface area contributed by atoms with Crippen molar-refractivity contribution in [1.82, 2.24) is 4.98 Å². The molecule has 0 fully saturated rings. The van der Waals surface area contributed by atoms with E-state index in [1.54, 1.807) is 12.1 Å². The molecular weight excluding hydrogens is 226 g/mol. The number of aromatic carboxylic acids is 1. The van der Waals surface area contributed by atoms with E-state index in [2.05, 4.69) is 4.98 Å². The van der Waals surface area contributed by atoms with Gasteiger partial charge < -0.3 is 10.2 Å². The van der Waals surface area contributed by atoms with Gasteiger partial charge in [0.05, 0.1) is 27.4 Å². The van der Waals surface area contributed by atoms with E-state index in [4.69, 9.17) is 10.2 Å². The smallest absolute Gasteiger partial charge is 0.335 e. The molecule has 0 aliphatic rings. The van der Waals surface area contributed by atoms with Crippen molar-refractivity contribution < 1.29 is 15.0 Å². The van der Waals surface area contributed by atoms with Crippen LogP contribution in [0.15, 0.2) is 18.2 Å². The van der Waals surface area contributed by atoms with E-state index >= 15 is 0 Å². The summed E-state index contributed by atoms with van der Waals surface area (Å²) in [4.78, 5) is 15.1. The molecule has 5 heteroatoms. The highest BCUT2D eigenvalue weighted by molar-refractivity contribution is 7.18. The molecule has 84 valence electrons. The Morgan fingerprint density at radius 2 is 2.31 bits per heavy atom. The summed E-state index contributed by atoms with van der Waals surface area (Å²) in [5, 5.41) is 18.7. The van der Waals surface area contributed by atoms with Gasteiger partial charge in [-0.1, -0.05) is 6.92 Å². The fraction of sp³-hybridized carbons (Fsp3) is 0.273. The van der Waals surface area contributed by atoms with Gasteiger partial charge >= 0.3 is 5.97 Å². The summed E-state index contributed by atoms with van der Waals surface area (Å²) in [6.07, 6.45) is 0. The van der Waals surface area contributed by atoms with E-state index in [1.165, 1.54) is 17.4 Å². The maximum atomic E-state index is 10.8. The fourth-order valence-corrected chi connectivity index (χ4v) is 2.41. The molecule has 0 saturated heterocycles. The van der Waals surface area contributed by atoms with Crippen LogP contribution in [0.4, 0.5) is 0 Å². The van der Waals surface area contributed by atoms with Crippen LogP contribution in [-0.4, -0.2) is 27.8 Å². The van der Waals surface area contributed by atoms with Gasteiger partial charge in [-0.15, -0.1) is 11.3 Å². The molecule has 1 aromatic carbocycles. The van der Waals surface area contributed by atoms with Gasteiger partial charge in [0.15, 0.2) is 0 Å². The molecule has 1 heterocycles. The highest BCUT2D eigenvalue weighted by atomic mass is 32.1. The third-order valence-corrected chi connectivity index (χ3v) is 3.60. The Morgan fingerprint density at radius 1 is 1.56 bits per heavy atom. The third-order valence-electron chi connectivity index (χ3n) is 2.35. The van der Waals surface area contributed by atoms with Crippen molar-refractivity contribution in [2.24, 2.45) is 0 Å². The van der Waals surface area contributed by atoms with Crippen LogP contribution in [0.5, 0.6) is 0 Å². The van der Waals surface area contributed by atoms with Crippen molar-refractivity contribution in [3.8, 4) is 0 Å². The van der Waals surface area contributed by atoms with Gasteiger partial charge in [-0.2, -0.15) is 0 Å². The average Bonchev–Trinajstić information content (AvgIpc) is 2.70. The summed E-state index contributed by atoms with van der Waals surface area (Å²) in [5.41, 5.74) is 1.05. The van der Waals surface area contributed by atoms with Gasteiger partial charge in [-0.3, -0.25) is 0 Å². The number of aliphatic hydroxyl groups excluding tert-OH is 1. The van der Waals surface area contributed by atoms with Crippen molar-refractivity contribution in [3.63, 3.8) is 0 Å². The van der Waals surface area contributed by atoms with Gasteiger partial charge in [-0.25, -0.2) is 9.78 Å². The summed E-state index contributed by atoms with van der Waals surface area (Å²) in [5.74, 6) is -0.947. The van der Waals surface area contributed by atoms with Gasteiger partial charge in [0.2, 0.25) is 0 Å². The van der Waals surface area contributed by atoms with Crippen LogP contribution < -0.4 is 0 Å². The van der Waals surface area contributed by atoms with E-state index in [0.29, 0.717) is 0 Å². The predicted octanol–water partition coefficient (Wildman–Crippen LogP) is 2.09. The second-order valence-corrected chi connectivity index (χ2v) is 4.69. The average molecular weight is 237 g/mol. The number of aromatic nitrogens is 1. The van der Waals surface area contributed by atoms with Crippen LogP contribution in [0.1, 0.15) is 28.2 Å². The number of hydrogen-bond acceptors (Lipinski definition) is 4. The lowest BCUT2D eigenvalue weighted by atomic mass is 10.2. The number of rotatable bonds is 3. The molecule has 2 aromatic rings. The number of thiazole rings is 1. The molecular formula is C11H11NO3S. The quantitative estimate of drug-likeness (QED) is 0.857. The van der Waals surface area contributed by atoms with Crippen molar-refractivity contribution in [2.75, 3.05) is 6.61 Å². The number of benzene rings is 1. The lowest BCUT2D eigenvalue weighted by Crippen LogP contribution is -1.97. The topological polar surface area (TPSA) is 70.4 Å². The minimum absolute atomic E-state index is 0.00863. The molecule has 2 N–H and O–H groups in total. The van der Waals surface area contributed by atoms with Gasteiger partial charge in [0.25, 0.3) is 0 Å². The van der Waals surface area contributed by atoms with Crippen molar-refractivity contribution in [1.29, 1.82) is 0 Å². The van der Waals surface area contributed by atoms with Gasteiger partial charge in [-0.05, 0) is 18.2 Å². The number of nitrogens with zero attached hydrogens (tertiary/aromatic N) is 1. The number of carboxylic acid groups (broad SMARTS) is 1. The van der Waals surface area contributed by atoms with Crippen LogP contribution in [0.3, 0.4) is 0 Å². The molecule has 0 bridgehead atoms. The number of fused-ring (bicyclic) bond motifs is 1. The first-order valence-corrected chi connectivity index (χ1v) is 5.68. The molecule has 4 nitrogen and oxygen atoms in total. The van der Waals surface area contributed by atoms with E-state index in [0.717, 1.165) is 15.2 Å². The second-order valence-electron chi connectivity index (χ2n) is 3.62. The normalized spacial score (nSPS) is 12.9. The van der Waals surface area contributed by atoms with Gasteiger partial charge in [0, 0.05) is 5.92 Å². The molecule has 1 unspecified atom stereocenters. The lowest BCUT2D eigenvalue weighted by molar-refractivity contribution is 0.0697. The first-order chi connectivity index (χ1) is 7.61. The van der Waals surface area contributed by atoms with Crippen LogP contribution in [0.25, 0.3) is 10.2 Å². The van der Waals surface area contributed by atoms with Crippen molar-refractivity contribution >= 4 is 27.5 Å². The number of hydrogen-bond donors (Lipinski definition) is 2. The second kappa shape index (κ2) is 4.19. The lowest BCUT2D eigenvalue weighted by Gasteiger charge is -2.00. The number of carbonyl (C=O) groups is 1. The zero-order chi connectivity index (χ0) is 11.7. The zero-order valence-corrected chi connectivity index (χ0v) is 9.49. The molecule has 2 rings (SSSR count). The highest BCUT2D eigenvalue weighted by Crippen LogP contribution is 2.27. The molecule has 1 aromatic heterocycles. The van der Waals surface area contributed by atoms with E-state index < -0.39 is 5.97 Å². The maximum Gasteiger partial charge on any atom is 0.335 e. The number of carboxylic acids is 1. The van der Waals surface area contributed by atoms with E-state index in [9.17, 15) is 4.79 Å². The molecule has 0 spiro atoms. The molecule has 0 radical (unpaired) electrons. The van der Waals surface area contributed by atoms with Crippen LogP contribution >= 0.6 is 11.3 Å². The highest BCUT2D eigenvalue weighted by Gasteiger charge is 2.12. The zero-order valence-electron chi connectivity index (χ0n) is 8.67. The van der Waals surface area contributed by atoms with E-state index in [1.807, 2.05) is 6.92 Å². The summed E-state index contributed by atoms with van der Waals surface area (Å²) in [6.45, 7) is 1.93. The Bertz CT molecular complexity index is 535. The largest absolute Gasteiger partial charge is 0.478 e. The molecule has 0 amide bonds. The molecule has 0 aliphatic heterocycles. The summed E-state index contributed by atoms with van der Waals surface area (Å²) in [6, 6.07) is 4.85. The first kappa shape index (κ1) is 11.0. The standard InChI is InChI=1S/C11H11NO3S/c1-6(5-13)10-12-8-3-2-7(11(14)15)4-9(8)16-10/h2-4,6,13H,5H2,1H3,(H,14,15). The van der Waals surface area contributed by atoms with Crippen LogP contribution in [0, 0.1) is 0 Å². The van der Waals surface area contributed by atoms with Crippen molar-refractivity contribution in [2.45, 2.75) is 12.8 Å². The fourth-order valence-electron chi connectivity index (χ4n) is 1.36. The monoisotopic (exact) mass is 237 g/mol. The Labute approximate surface area is 96.2 Å². The maximum absolute atomic E-state index is 10.8. The summed E-state index contributed by atoms with van der Waals surface area (Å²) < 4.78 is 0.843. The minimum Gasteiger partial charge on any atom is -0.478 e. The predicted molar refractivity (Wildman–Crippen MR) is 62.1 cm³/mol. The molecule has 0 aliphatic carbocycles. The molecule has 1 atom stereocenters. The summed E-state index contributed by atoms with van der Waals surface area (Å²) in [7, 11) is 0. The summed E-state index contributed by atoms with van der Waals surface area (Å²) >= 11 is 1.43. The molecule has 0 saturated carbocycles. The Morgan fingerprint density at radius 3 is 2.94 bits per heavy atom.